The quantitative estimate of drug-likeness (QED) is 0.904. The Morgan fingerprint density at radius 3 is 2.62 bits per heavy atom. The van der Waals surface area contributed by atoms with Crippen LogP contribution in [-0.2, 0) is 4.79 Å². The summed E-state index contributed by atoms with van der Waals surface area (Å²) < 4.78 is 13.0. The molecule has 1 fully saturated rings. The van der Waals surface area contributed by atoms with Gasteiger partial charge in [-0.1, -0.05) is 25.5 Å². The number of carbonyl (C=O) groups excluding carboxylic acids is 1. The zero-order valence-corrected chi connectivity index (χ0v) is 13.2. The lowest BCUT2D eigenvalue weighted by molar-refractivity contribution is -0.142. The summed E-state index contributed by atoms with van der Waals surface area (Å²) in [7, 11) is 1.85. The molecule has 1 aliphatic rings. The number of amides is 1. The van der Waals surface area contributed by atoms with Crippen molar-refractivity contribution in [1.82, 2.24) is 10.2 Å². The van der Waals surface area contributed by atoms with Crippen molar-refractivity contribution in [3.8, 4) is 0 Å². The lowest BCUT2D eigenvalue weighted by atomic mass is 9.80. The minimum Gasteiger partial charge on any atom is -0.338 e. The number of hydrogen-bond donors (Lipinski definition) is 1. The molecule has 0 aliphatic carbocycles. The van der Waals surface area contributed by atoms with Gasteiger partial charge in [0.1, 0.15) is 5.82 Å². The van der Waals surface area contributed by atoms with E-state index in [0.29, 0.717) is 0 Å². The van der Waals surface area contributed by atoms with E-state index in [9.17, 15) is 9.18 Å². The van der Waals surface area contributed by atoms with Crippen LogP contribution < -0.4 is 5.32 Å². The average Bonchev–Trinajstić information content (AvgIpc) is 2.96. The van der Waals surface area contributed by atoms with E-state index >= 15 is 0 Å². The fourth-order valence-electron chi connectivity index (χ4n) is 3.24. The Labute approximate surface area is 126 Å². The summed E-state index contributed by atoms with van der Waals surface area (Å²) in [6, 6.07) is 6.35. The van der Waals surface area contributed by atoms with E-state index in [1.165, 1.54) is 12.1 Å². The Morgan fingerprint density at radius 2 is 2.10 bits per heavy atom. The molecule has 1 aliphatic heterocycles. The van der Waals surface area contributed by atoms with E-state index in [1.807, 2.05) is 18.9 Å². The van der Waals surface area contributed by atoms with E-state index in [2.05, 4.69) is 12.2 Å². The first-order valence-electron chi connectivity index (χ1n) is 7.73. The van der Waals surface area contributed by atoms with Crippen molar-refractivity contribution in [3.63, 3.8) is 0 Å². The van der Waals surface area contributed by atoms with Crippen molar-refractivity contribution in [2.75, 3.05) is 20.1 Å². The predicted molar refractivity (Wildman–Crippen MR) is 82.4 cm³/mol. The van der Waals surface area contributed by atoms with Crippen LogP contribution >= 0.6 is 0 Å². The van der Waals surface area contributed by atoms with Crippen molar-refractivity contribution in [2.45, 2.75) is 39.2 Å². The van der Waals surface area contributed by atoms with Crippen molar-refractivity contribution in [3.05, 3.63) is 35.6 Å². The van der Waals surface area contributed by atoms with Gasteiger partial charge in [0.05, 0.1) is 11.5 Å². The van der Waals surface area contributed by atoms with E-state index < -0.39 is 0 Å². The maximum absolute atomic E-state index is 13.0. The Morgan fingerprint density at radius 1 is 1.43 bits per heavy atom. The third-order valence-corrected chi connectivity index (χ3v) is 4.68. The molecule has 1 aromatic rings. The van der Waals surface area contributed by atoms with Gasteiger partial charge in [-0.15, -0.1) is 0 Å². The second-order valence-electron chi connectivity index (χ2n) is 6.10. The van der Waals surface area contributed by atoms with Crippen LogP contribution in [0.3, 0.4) is 0 Å². The molecule has 1 aromatic carbocycles. The first kappa shape index (κ1) is 16.0. The molecule has 1 amide bonds. The number of benzene rings is 1. The molecule has 4 heteroatoms. The van der Waals surface area contributed by atoms with Crippen molar-refractivity contribution in [1.29, 1.82) is 0 Å². The van der Waals surface area contributed by atoms with Crippen molar-refractivity contribution >= 4 is 5.91 Å². The molecule has 1 heterocycles. The molecule has 0 saturated carbocycles. The molecular formula is C17H25FN2O. The van der Waals surface area contributed by atoms with Crippen LogP contribution in [-0.4, -0.2) is 30.9 Å². The normalized spacial score (nSPS) is 23.0. The second-order valence-corrected chi connectivity index (χ2v) is 6.10. The van der Waals surface area contributed by atoms with Crippen LogP contribution in [0.4, 0.5) is 4.39 Å². The maximum Gasteiger partial charge on any atom is 0.230 e. The van der Waals surface area contributed by atoms with E-state index in [1.54, 1.807) is 12.1 Å². The molecule has 0 radical (unpaired) electrons. The molecule has 2 unspecified atom stereocenters. The fraction of sp³-hybridized carbons (Fsp3) is 0.588. The molecule has 1 N–H and O–H groups in total. The fourth-order valence-corrected chi connectivity index (χ4v) is 3.24. The number of halogens is 1. The largest absolute Gasteiger partial charge is 0.338 e. The lowest BCUT2D eigenvalue weighted by Gasteiger charge is -2.35. The molecule has 1 saturated heterocycles. The van der Waals surface area contributed by atoms with E-state index in [0.717, 1.165) is 37.9 Å². The Kier molecular flexibility index (Phi) is 4.99. The molecule has 2 rings (SSSR count). The van der Waals surface area contributed by atoms with Crippen LogP contribution in [0.25, 0.3) is 0 Å². The lowest BCUT2D eigenvalue weighted by Crippen LogP contribution is -2.44. The number of carbonyl (C=O) groups is 1. The zero-order valence-electron chi connectivity index (χ0n) is 13.2. The smallest absolute Gasteiger partial charge is 0.230 e. The standard InChI is InChI=1S/C17H25FN2O/c1-4-9-17(10-11-19-12-17)16(21)20(3)13(2)14-5-7-15(18)8-6-14/h5-8,13,19H,4,9-12H2,1-3H3. The van der Waals surface area contributed by atoms with Gasteiger partial charge in [0.25, 0.3) is 0 Å². The van der Waals surface area contributed by atoms with Gasteiger partial charge in [-0.3, -0.25) is 4.79 Å². The van der Waals surface area contributed by atoms with Gasteiger partial charge in [-0.25, -0.2) is 4.39 Å². The highest BCUT2D eigenvalue weighted by atomic mass is 19.1. The van der Waals surface area contributed by atoms with E-state index in [4.69, 9.17) is 0 Å². The second kappa shape index (κ2) is 6.56. The zero-order chi connectivity index (χ0) is 15.5. The molecule has 3 nitrogen and oxygen atoms in total. The van der Waals surface area contributed by atoms with Crippen LogP contribution in [0, 0.1) is 11.2 Å². The highest BCUT2D eigenvalue weighted by molar-refractivity contribution is 5.83. The summed E-state index contributed by atoms with van der Waals surface area (Å²) in [5.41, 5.74) is 0.697. The summed E-state index contributed by atoms with van der Waals surface area (Å²) in [5.74, 6) is -0.0476. The molecule has 21 heavy (non-hydrogen) atoms. The first-order chi connectivity index (χ1) is 10.00. The minimum atomic E-state index is -0.266. The Balaban J connectivity index is 2.15. The summed E-state index contributed by atoms with van der Waals surface area (Å²) >= 11 is 0. The number of hydrogen-bond acceptors (Lipinski definition) is 2. The molecule has 0 bridgehead atoms. The molecule has 0 spiro atoms. The maximum atomic E-state index is 13.0. The number of rotatable bonds is 5. The molecule has 0 aromatic heterocycles. The highest BCUT2D eigenvalue weighted by Gasteiger charge is 2.42. The van der Waals surface area contributed by atoms with Crippen molar-refractivity contribution in [2.24, 2.45) is 5.41 Å². The summed E-state index contributed by atoms with van der Waals surface area (Å²) in [5, 5.41) is 3.32. The average molecular weight is 292 g/mol. The van der Waals surface area contributed by atoms with Crippen LogP contribution in [0.1, 0.15) is 44.7 Å². The monoisotopic (exact) mass is 292 g/mol. The van der Waals surface area contributed by atoms with Crippen LogP contribution in [0.15, 0.2) is 24.3 Å². The third kappa shape index (κ3) is 3.26. The van der Waals surface area contributed by atoms with Crippen molar-refractivity contribution < 1.29 is 9.18 Å². The van der Waals surface area contributed by atoms with Crippen LogP contribution in [0.5, 0.6) is 0 Å². The van der Waals surface area contributed by atoms with Gasteiger partial charge < -0.3 is 10.2 Å². The number of nitrogens with one attached hydrogen (secondary N) is 1. The summed E-state index contributed by atoms with van der Waals surface area (Å²) in [6.07, 6.45) is 2.83. The summed E-state index contributed by atoms with van der Waals surface area (Å²) in [4.78, 5) is 14.8. The van der Waals surface area contributed by atoms with Gasteiger partial charge in [0.15, 0.2) is 0 Å². The topological polar surface area (TPSA) is 32.3 Å². The Bertz CT molecular complexity index is 480. The van der Waals surface area contributed by atoms with Gasteiger partial charge >= 0.3 is 0 Å². The molecular weight excluding hydrogens is 267 g/mol. The molecule has 2 atom stereocenters. The van der Waals surface area contributed by atoms with Gasteiger partial charge in [0, 0.05) is 13.6 Å². The van der Waals surface area contributed by atoms with Gasteiger partial charge in [0.2, 0.25) is 5.91 Å². The first-order valence-corrected chi connectivity index (χ1v) is 7.73. The molecule has 116 valence electrons. The highest BCUT2D eigenvalue weighted by Crippen LogP contribution is 2.35. The number of nitrogens with zero attached hydrogens (tertiary/aromatic N) is 1. The Hall–Kier alpha value is -1.42. The minimum absolute atomic E-state index is 0.0487. The van der Waals surface area contributed by atoms with Gasteiger partial charge in [-0.05, 0) is 44.0 Å². The predicted octanol–water partition coefficient (Wildman–Crippen LogP) is 3.12. The SMILES string of the molecule is CCCC1(C(=O)N(C)C(C)c2ccc(F)cc2)CCNC1. The van der Waals surface area contributed by atoms with Gasteiger partial charge in [-0.2, -0.15) is 0 Å². The van der Waals surface area contributed by atoms with Crippen LogP contribution in [0.2, 0.25) is 0 Å². The van der Waals surface area contributed by atoms with E-state index in [-0.39, 0.29) is 23.2 Å². The third-order valence-electron chi connectivity index (χ3n) is 4.68. The summed E-state index contributed by atoms with van der Waals surface area (Å²) in [6.45, 7) is 5.79.